The van der Waals surface area contributed by atoms with E-state index < -0.39 is 0 Å². The Morgan fingerprint density at radius 2 is 1.65 bits per heavy atom. The molecule has 0 radical (unpaired) electrons. The summed E-state index contributed by atoms with van der Waals surface area (Å²) >= 11 is 1.79. The second kappa shape index (κ2) is 9.41. The van der Waals surface area contributed by atoms with Gasteiger partial charge >= 0.3 is 0 Å². The molecule has 1 aromatic heterocycles. The number of hydrogen-bond donors (Lipinski definition) is 0. The lowest BCUT2D eigenvalue weighted by molar-refractivity contribution is 0.170. The van der Waals surface area contributed by atoms with Gasteiger partial charge in [0.1, 0.15) is 5.01 Å². The molecule has 2 rings (SSSR count). The zero-order chi connectivity index (χ0) is 16.1. The van der Waals surface area contributed by atoms with Crippen molar-refractivity contribution in [2.75, 3.05) is 6.54 Å². The molecule has 1 unspecified atom stereocenters. The van der Waals surface area contributed by atoms with Crippen LogP contribution < -0.4 is 0 Å². The summed E-state index contributed by atoms with van der Waals surface area (Å²) in [5, 5.41) is 3.41. The van der Waals surface area contributed by atoms with Crippen LogP contribution in [0.3, 0.4) is 0 Å². The van der Waals surface area contributed by atoms with Crippen LogP contribution in [0, 0.1) is 6.92 Å². The molecule has 0 saturated heterocycles. The second-order valence-corrected chi connectivity index (χ2v) is 7.39. The van der Waals surface area contributed by atoms with E-state index in [-0.39, 0.29) is 12.4 Å². The largest absolute Gasteiger partial charge is 0.299 e. The van der Waals surface area contributed by atoms with Crippen molar-refractivity contribution in [3.63, 3.8) is 0 Å². The molecule has 23 heavy (non-hydrogen) atoms. The highest BCUT2D eigenvalue weighted by molar-refractivity contribution is 7.09. The summed E-state index contributed by atoms with van der Waals surface area (Å²) in [6.45, 7) is 12.3. The molecule has 128 valence electrons. The van der Waals surface area contributed by atoms with Crippen molar-refractivity contribution >= 4 is 23.7 Å². The molecular formula is C19H29ClN2S. The van der Waals surface area contributed by atoms with Crippen LogP contribution in [0.15, 0.2) is 35.7 Å². The molecule has 2 nitrogen and oxygen atoms in total. The summed E-state index contributed by atoms with van der Waals surface area (Å²) < 4.78 is 0. The van der Waals surface area contributed by atoms with Gasteiger partial charge in [-0.2, -0.15) is 0 Å². The predicted molar refractivity (Wildman–Crippen MR) is 104 cm³/mol. The summed E-state index contributed by atoms with van der Waals surface area (Å²) in [7, 11) is 0. The van der Waals surface area contributed by atoms with E-state index in [1.54, 1.807) is 11.3 Å². The van der Waals surface area contributed by atoms with Crippen LogP contribution >= 0.6 is 23.7 Å². The molecule has 2 aromatic rings. The fourth-order valence-electron chi connectivity index (χ4n) is 3.04. The van der Waals surface area contributed by atoms with Crippen molar-refractivity contribution in [3.8, 4) is 0 Å². The molecule has 0 amide bonds. The molecule has 0 bridgehead atoms. The summed E-state index contributed by atoms with van der Waals surface area (Å²) in [5.41, 5.74) is 2.51. The van der Waals surface area contributed by atoms with Crippen molar-refractivity contribution in [3.05, 3.63) is 52.0 Å². The minimum atomic E-state index is 0. The molecule has 4 heteroatoms. The normalized spacial score (nSPS) is 12.7. The van der Waals surface area contributed by atoms with Gasteiger partial charge in [-0.1, -0.05) is 30.3 Å². The molecule has 0 fully saturated rings. The van der Waals surface area contributed by atoms with Crippen molar-refractivity contribution in [1.29, 1.82) is 0 Å². The minimum absolute atomic E-state index is 0. The molecule has 1 heterocycles. The fraction of sp³-hybridized carbons (Fsp3) is 0.526. The number of thiazole rings is 1. The van der Waals surface area contributed by atoms with Crippen LogP contribution in [0.5, 0.6) is 0 Å². The third-order valence-corrected chi connectivity index (χ3v) is 5.22. The van der Waals surface area contributed by atoms with Crippen LogP contribution in [0.4, 0.5) is 0 Å². The Kier molecular flexibility index (Phi) is 8.24. The van der Waals surface area contributed by atoms with Crippen molar-refractivity contribution in [1.82, 2.24) is 9.88 Å². The number of benzene rings is 1. The number of halogens is 1. The number of nitrogens with zero attached hydrogens (tertiary/aromatic N) is 2. The smallest absolute Gasteiger partial charge is 0.100 e. The van der Waals surface area contributed by atoms with E-state index in [1.807, 2.05) is 0 Å². The van der Waals surface area contributed by atoms with Gasteiger partial charge in [0, 0.05) is 29.1 Å². The molecule has 0 aliphatic carbocycles. The molecule has 1 atom stereocenters. The average Bonchev–Trinajstić information content (AvgIpc) is 2.90. The summed E-state index contributed by atoms with van der Waals surface area (Å²) in [4.78, 5) is 7.32. The Morgan fingerprint density at radius 3 is 2.13 bits per heavy atom. The lowest BCUT2D eigenvalue weighted by Gasteiger charge is -2.31. The van der Waals surface area contributed by atoms with E-state index in [9.17, 15) is 0 Å². The third-order valence-electron chi connectivity index (χ3n) is 4.14. The maximum absolute atomic E-state index is 4.76. The topological polar surface area (TPSA) is 16.1 Å². The molecule has 0 N–H and O–H groups in total. The van der Waals surface area contributed by atoms with E-state index in [0.29, 0.717) is 18.0 Å². The fourth-order valence-corrected chi connectivity index (χ4v) is 4.00. The first-order chi connectivity index (χ1) is 10.5. The zero-order valence-corrected chi connectivity index (χ0v) is 16.5. The standard InChI is InChI=1S/C19H28N2S.ClH/c1-14(2)21(15(3)4)12-11-18(17-9-7-6-8-10-17)19-20-16(5)13-22-19;/h6-10,13-15,18H,11-12H2,1-5H3;1H. The highest BCUT2D eigenvalue weighted by Crippen LogP contribution is 2.31. The van der Waals surface area contributed by atoms with Crippen LogP contribution in [0.25, 0.3) is 0 Å². The Bertz CT molecular complexity index is 558. The first kappa shape index (κ1) is 20.1. The van der Waals surface area contributed by atoms with Gasteiger partial charge in [0.2, 0.25) is 0 Å². The van der Waals surface area contributed by atoms with Crippen molar-refractivity contribution in [2.45, 2.75) is 59.0 Å². The summed E-state index contributed by atoms with van der Waals surface area (Å²) in [6.07, 6.45) is 1.12. The maximum atomic E-state index is 4.76. The number of rotatable bonds is 7. The molecule has 0 aliphatic heterocycles. The molecule has 1 aromatic carbocycles. The molecule has 0 spiro atoms. The average molecular weight is 353 g/mol. The quantitative estimate of drug-likeness (QED) is 0.652. The lowest BCUT2D eigenvalue weighted by Crippen LogP contribution is -2.38. The lowest BCUT2D eigenvalue weighted by atomic mass is 9.95. The van der Waals surface area contributed by atoms with E-state index in [4.69, 9.17) is 4.98 Å². The maximum Gasteiger partial charge on any atom is 0.100 e. The minimum Gasteiger partial charge on any atom is -0.299 e. The van der Waals surface area contributed by atoms with E-state index >= 15 is 0 Å². The van der Waals surface area contributed by atoms with Gasteiger partial charge in [0.15, 0.2) is 0 Å². The van der Waals surface area contributed by atoms with Crippen molar-refractivity contribution in [2.24, 2.45) is 0 Å². The first-order valence-electron chi connectivity index (χ1n) is 8.21. The van der Waals surface area contributed by atoms with Crippen LogP contribution in [0.1, 0.15) is 56.3 Å². The van der Waals surface area contributed by atoms with Crippen molar-refractivity contribution < 1.29 is 0 Å². The van der Waals surface area contributed by atoms with Gasteiger partial charge in [0.25, 0.3) is 0 Å². The van der Waals surface area contributed by atoms with Gasteiger partial charge < -0.3 is 0 Å². The van der Waals surface area contributed by atoms with Gasteiger partial charge in [-0.3, -0.25) is 4.90 Å². The van der Waals surface area contributed by atoms with Gasteiger partial charge in [-0.15, -0.1) is 23.7 Å². The Morgan fingerprint density at radius 1 is 1.04 bits per heavy atom. The van der Waals surface area contributed by atoms with E-state index in [2.05, 4.69) is 75.2 Å². The Balaban J connectivity index is 0.00000264. The monoisotopic (exact) mass is 352 g/mol. The summed E-state index contributed by atoms with van der Waals surface area (Å²) in [5.74, 6) is 0.403. The first-order valence-corrected chi connectivity index (χ1v) is 9.09. The third kappa shape index (κ3) is 5.59. The van der Waals surface area contributed by atoms with E-state index in [0.717, 1.165) is 18.7 Å². The Labute approximate surface area is 151 Å². The second-order valence-electron chi connectivity index (χ2n) is 6.50. The highest BCUT2D eigenvalue weighted by atomic mass is 35.5. The van der Waals surface area contributed by atoms with Crippen LogP contribution in [0.2, 0.25) is 0 Å². The number of hydrogen-bond acceptors (Lipinski definition) is 3. The SMILES string of the molecule is Cc1csc(C(CCN(C(C)C)C(C)C)c2ccccc2)n1.Cl. The number of aromatic nitrogens is 1. The zero-order valence-electron chi connectivity index (χ0n) is 14.8. The predicted octanol–water partition coefficient (Wildman–Crippen LogP) is 5.51. The molecule has 0 aliphatic rings. The van der Waals surface area contributed by atoms with Gasteiger partial charge in [-0.05, 0) is 53.1 Å². The van der Waals surface area contributed by atoms with Gasteiger partial charge in [-0.25, -0.2) is 4.98 Å². The highest BCUT2D eigenvalue weighted by Gasteiger charge is 2.21. The van der Waals surface area contributed by atoms with Crippen LogP contribution in [-0.2, 0) is 0 Å². The summed E-state index contributed by atoms with van der Waals surface area (Å²) in [6, 6.07) is 12.0. The number of aryl methyl sites for hydroxylation is 1. The van der Waals surface area contributed by atoms with E-state index in [1.165, 1.54) is 10.6 Å². The Hall–Kier alpha value is -0.900. The molecule has 0 saturated carbocycles. The molecular weight excluding hydrogens is 324 g/mol. The van der Waals surface area contributed by atoms with Crippen LogP contribution in [-0.4, -0.2) is 28.5 Å². The van der Waals surface area contributed by atoms with Gasteiger partial charge in [0.05, 0.1) is 0 Å².